The van der Waals surface area contributed by atoms with Crippen molar-refractivity contribution in [3.63, 3.8) is 0 Å². The van der Waals surface area contributed by atoms with Gasteiger partial charge in [0.25, 0.3) is 0 Å². The lowest BCUT2D eigenvalue weighted by molar-refractivity contribution is 0.254. The Bertz CT molecular complexity index is 1290. The van der Waals surface area contributed by atoms with Gasteiger partial charge >= 0.3 is 6.03 Å². The molecule has 3 aromatic rings. The topological polar surface area (TPSA) is 102 Å². The second kappa shape index (κ2) is 11.5. The summed E-state index contributed by atoms with van der Waals surface area (Å²) in [6.07, 6.45) is 7.10. The predicted octanol–water partition coefficient (Wildman–Crippen LogP) is 5.97. The number of urea groups is 1. The van der Waals surface area contributed by atoms with Crippen molar-refractivity contribution >= 4 is 34.0 Å². The van der Waals surface area contributed by atoms with Crippen LogP contribution in [0, 0.1) is 0 Å². The van der Waals surface area contributed by atoms with E-state index in [0.717, 1.165) is 27.6 Å². The highest BCUT2D eigenvalue weighted by atomic mass is 16.5. The maximum absolute atomic E-state index is 12.7. The Balaban J connectivity index is 1.75. The van der Waals surface area contributed by atoms with Crippen LogP contribution < -0.4 is 21.1 Å². The average molecular weight is 456 g/mol. The van der Waals surface area contributed by atoms with Crippen LogP contribution in [0.5, 0.6) is 5.75 Å². The van der Waals surface area contributed by atoms with Crippen LogP contribution in [0.2, 0.25) is 0 Å². The number of hydrogen-bond donors (Lipinski definition) is 3. The Labute approximate surface area is 199 Å². The number of nitrogens with one attached hydrogen (secondary N) is 2. The number of nitrogen functional groups attached to an aromatic ring is 1. The molecule has 7 heteroatoms. The number of ether oxygens (including phenoxy) is 1. The number of nitrogens with two attached hydrogens (primary N) is 1. The fourth-order valence-electron chi connectivity index (χ4n) is 3.18. The smallest absolute Gasteiger partial charge is 0.324 e. The molecule has 0 unspecified atom stereocenters. The van der Waals surface area contributed by atoms with Crippen LogP contribution in [0.25, 0.3) is 10.8 Å². The van der Waals surface area contributed by atoms with Crippen LogP contribution in [-0.4, -0.2) is 16.7 Å². The normalized spacial score (nSPS) is 12.1. The largest absolute Gasteiger partial charge is 0.488 e. The Morgan fingerprint density at radius 2 is 1.91 bits per heavy atom. The zero-order chi connectivity index (χ0) is 24.5. The minimum absolute atomic E-state index is 0.353. The first-order valence-electron chi connectivity index (χ1n) is 10.8. The highest BCUT2D eigenvalue weighted by molar-refractivity contribution is 6.04. The van der Waals surface area contributed by atoms with Gasteiger partial charge in [-0.25, -0.2) is 14.8 Å². The summed E-state index contributed by atoms with van der Waals surface area (Å²) in [5, 5.41) is 7.43. The fraction of sp³-hybridized carbons (Fsp3) is 0.148. The molecule has 0 aliphatic heterocycles. The molecule has 0 aliphatic rings. The van der Waals surface area contributed by atoms with Crippen molar-refractivity contribution in [2.75, 3.05) is 11.1 Å². The van der Waals surface area contributed by atoms with E-state index in [-0.39, 0.29) is 6.03 Å². The van der Waals surface area contributed by atoms with Gasteiger partial charge in [-0.05, 0) is 62.8 Å². The van der Waals surface area contributed by atoms with E-state index in [1.165, 1.54) is 0 Å². The number of hydrogen-bond acceptors (Lipinski definition) is 5. The molecule has 0 radical (unpaired) electrons. The lowest BCUT2D eigenvalue weighted by Crippen LogP contribution is -2.27. The number of aromatic nitrogens is 1. The molecule has 0 spiro atoms. The van der Waals surface area contributed by atoms with Gasteiger partial charge in [0.15, 0.2) is 0 Å². The maximum Gasteiger partial charge on any atom is 0.324 e. The molecule has 174 valence electrons. The van der Waals surface area contributed by atoms with Gasteiger partial charge in [-0.15, -0.1) is 0 Å². The van der Waals surface area contributed by atoms with Crippen molar-refractivity contribution in [3.05, 3.63) is 96.5 Å². The van der Waals surface area contributed by atoms with Crippen molar-refractivity contribution in [3.8, 4) is 5.75 Å². The second-order valence-corrected chi connectivity index (χ2v) is 7.72. The Morgan fingerprint density at radius 3 is 2.62 bits per heavy atom. The molecule has 0 atom stereocenters. The highest BCUT2D eigenvalue weighted by Crippen LogP contribution is 2.32. The summed E-state index contributed by atoms with van der Waals surface area (Å²) in [4.78, 5) is 21.1. The number of fused-ring (bicyclic) bond motifs is 1. The lowest BCUT2D eigenvalue weighted by Gasteiger charge is -2.14. The van der Waals surface area contributed by atoms with E-state index in [4.69, 9.17) is 10.5 Å². The molecule has 3 rings (SSSR count). The van der Waals surface area contributed by atoms with Gasteiger partial charge in [-0.2, -0.15) is 0 Å². The minimum atomic E-state index is -0.389. The zero-order valence-corrected chi connectivity index (χ0v) is 19.6. The SMILES string of the molecule is C=C(C)/C=C\C(C)=NC(=CC)NC(=O)Nc1ccc(OCc2ccnc(N)c2)c2ccccc12. The van der Waals surface area contributed by atoms with Crippen molar-refractivity contribution in [2.45, 2.75) is 27.4 Å². The summed E-state index contributed by atoms with van der Waals surface area (Å²) in [6.45, 7) is 9.76. The molecule has 2 amide bonds. The van der Waals surface area contributed by atoms with Crippen LogP contribution >= 0.6 is 0 Å². The molecule has 1 heterocycles. The molecule has 7 nitrogen and oxygen atoms in total. The van der Waals surface area contributed by atoms with Crippen LogP contribution in [0.4, 0.5) is 16.3 Å². The average Bonchev–Trinajstić information content (AvgIpc) is 2.82. The summed E-state index contributed by atoms with van der Waals surface area (Å²) in [7, 11) is 0. The van der Waals surface area contributed by atoms with Crippen molar-refractivity contribution in [1.29, 1.82) is 0 Å². The number of carbonyl (C=O) groups excluding carboxylic acids is 1. The summed E-state index contributed by atoms with van der Waals surface area (Å²) in [5.41, 5.74) is 9.00. The van der Waals surface area contributed by atoms with Gasteiger partial charge in [-0.3, -0.25) is 5.32 Å². The third-order valence-electron chi connectivity index (χ3n) is 4.79. The number of amides is 2. The van der Waals surface area contributed by atoms with Gasteiger partial charge in [0.05, 0.1) is 5.69 Å². The number of anilines is 2. The van der Waals surface area contributed by atoms with Crippen LogP contribution in [0.3, 0.4) is 0 Å². The maximum atomic E-state index is 12.7. The molecule has 0 saturated heterocycles. The van der Waals surface area contributed by atoms with Gasteiger partial charge in [0, 0.05) is 22.7 Å². The number of benzene rings is 2. The van der Waals surface area contributed by atoms with Gasteiger partial charge in [-0.1, -0.05) is 42.5 Å². The van der Waals surface area contributed by atoms with Crippen molar-refractivity contribution in [1.82, 2.24) is 10.3 Å². The number of allylic oxidation sites excluding steroid dienone is 4. The van der Waals surface area contributed by atoms with Gasteiger partial charge in [0.2, 0.25) is 0 Å². The van der Waals surface area contributed by atoms with Crippen LogP contribution in [0.15, 0.2) is 95.9 Å². The Hall–Kier alpha value is -4.39. The summed E-state index contributed by atoms with van der Waals surface area (Å²) in [5.74, 6) is 1.60. The molecule has 4 N–H and O–H groups in total. The first-order chi connectivity index (χ1) is 16.4. The predicted molar refractivity (Wildman–Crippen MR) is 140 cm³/mol. The molecule has 34 heavy (non-hydrogen) atoms. The highest BCUT2D eigenvalue weighted by Gasteiger charge is 2.11. The zero-order valence-electron chi connectivity index (χ0n) is 19.6. The first kappa shape index (κ1) is 24.3. The summed E-state index contributed by atoms with van der Waals surface area (Å²) >= 11 is 0. The van der Waals surface area contributed by atoms with Crippen LogP contribution in [-0.2, 0) is 6.61 Å². The molecule has 1 aromatic heterocycles. The number of pyridine rings is 1. The van der Waals surface area contributed by atoms with Gasteiger partial charge < -0.3 is 15.8 Å². The van der Waals surface area contributed by atoms with E-state index >= 15 is 0 Å². The van der Waals surface area contributed by atoms with Crippen LogP contribution in [0.1, 0.15) is 26.3 Å². The fourth-order valence-corrected chi connectivity index (χ4v) is 3.18. The molecular formula is C27H29N5O2. The molecule has 0 bridgehead atoms. The Morgan fingerprint density at radius 1 is 1.15 bits per heavy atom. The van der Waals surface area contributed by atoms with E-state index in [0.29, 0.717) is 29.7 Å². The summed E-state index contributed by atoms with van der Waals surface area (Å²) < 4.78 is 6.03. The number of rotatable bonds is 8. The number of carbonyl (C=O) groups is 1. The number of nitrogens with zero attached hydrogens (tertiary/aromatic N) is 2. The van der Waals surface area contributed by atoms with Crippen molar-refractivity contribution < 1.29 is 9.53 Å². The second-order valence-electron chi connectivity index (χ2n) is 7.72. The third-order valence-corrected chi connectivity index (χ3v) is 4.79. The minimum Gasteiger partial charge on any atom is -0.488 e. The lowest BCUT2D eigenvalue weighted by atomic mass is 10.1. The third kappa shape index (κ3) is 6.80. The summed E-state index contributed by atoms with van der Waals surface area (Å²) in [6, 6.07) is 14.6. The monoisotopic (exact) mass is 455 g/mol. The molecule has 0 aliphatic carbocycles. The molecule has 0 fully saturated rings. The van der Waals surface area contributed by atoms with E-state index in [1.54, 1.807) is 18.3 Å². The van der Waals surface area contributed by atoms with E-state index in [9.17, 15) is 4.79 Å². The van der Waals surface area contributed by atoms with Crippen molar-refractivity contribution in [2.24, 2.45) is 4.99 Å². The molecular weight excluding hydrogens is 426 g/mol. The van der Waals surface area contributed by atoms with E-state index in [2.05, 4.69) is 27.2 Å². The van der Waals surface area contributed by atoms with E-state index < -0.39 is 0 Å². The first-order valence-corrected chi connectivity index (χ1v) is 10.8. The quantitative estimate of drug-likeness (QED) is 0.288. The standard InChI is InChI=1S/C27H29N5O2/c1-5-26(30-19(4)11-10-18(2)3)32-27(33)31-23-12-13-24(22-9-7-6-8-21(22)23)34-17-20-14-15-29-25(28)16-20/h5-16H,2,17H2,1,3-4H3,(H2,28,29)(H2,31,32,33)/b11-10-,26-5?,30-19?. The number of aliphatic imine (C=N–C) groups is 1. The van der Waals surface area contributed by atoms with E-state index in [1.807, 2.05) is 75.4 Å². The molecule has 0 saturated carbocycles. The van der Waals surface area contributed by atoms with Gasteiger partial charge in [0.1, 0.15) is 24.0 Å². The molecule has 2 aromatic carbocycles. The Kier molecular flexibility index (Phi) is 8.18.